The van der Waals surface area contributed by atoms with Gasteiger partial charge in [0.2, 0.25) is 0 Å². The number of carbonyl (C=O) groups excluding carboxylic acids is 2. The zero-order valence-corrected chi connectivity index (χ0v) is 16.2. The molecule has 2 aromatic carbocycles. The van der Waals surface area contributed by atoms with Crippen molar-refractivity contribution in [3.05, 3.63) is 73.9 Å². The third-order valence-electron chi connectivity index (χ3n) is 4.23. The average Bonchev–Trinajstić information content (AvgIpc) is 2.80. The van der Waals surface area contributed by atoms with Crippen LogP contribution < -0.4 is 0 Å². The lowest BCUT2D eigenvalue weighted by molar-refractivity contribution is -0.123. The lowest BCUT2D eigenvalue weighted by Gasteiger charge is -2.13. The highest BCUT2D eigenvalue weighted by atomic mass is 35.5. The van der Waals surface area contributed by atoms with Gasteiger partial charge in [0.15, 0.2) is 0 Å². The van der Waals surface area contributed by atoms with Gasteiger partial charge in [-0.05, 0) is 73.0 Å². The number of halogens is 2. The molecule has 0 unspecified atom stereocenters. The fourth-order valence-electron chi connectivity index (χ4n) is 3.01. The zero-order valence-electron chi connectivity index (χ0n) is 14.6. The molecule has 0 N–H and O–H groups in total. The average molecular weight is 390 g/mol. The van der Waals surface area contributed by atoms with E-state index in [1.54, 1.807) is 6.08 Å². The Morgan fingerprint density at radius 2 is 1.77 bits per heavy atom. The summed E-state index contributed by atoms with van der Waals surface area (Å²) in [6.07, 6.45) is 1.77. The largest absolute Gasteiger partial charge is 0.293 e. The third kappa shape index (κ3) is 3.69. The topological polar surface area (TPSA) is 37.4 Å². The van der Waals surface area contributed by atoms with Crippen molar-refractivity contribution in [1.82, 2.24) is 4.90 Å². The first-order valence-electron chi connectivity index (χ1n) is 8.03. The van der Waals surface area contributed by atoms with Crippen molar-refractivity contribution >= 4 is 40.6 Å². The Kier molecular flexibility index (Phi) is 5.21. The number of nitrogens with zero attached hydrogens (tertiary/aromatic N) is 1. The van der Waals surface area contributed by atoms with Gasteiger partial charge in [-0.3, -0.25) is 14.5 Å². The Balaban J connectivity index is 1.90. The molecule has 2 aromatic rings. The van der Waals surface area contributed by atoms with Crippen LogP contribution in [0.2, 0.25) is 5.02 Å². The molecule has 1 fully saturated rings. The summed E-state index contributed by atoms with van der Waals surface area (Å²) in [4.78, 5) is 26.5. The minimum absolute atomic E-state index is 0.0208. The van der Waals surface area contributed by atoms with E-state index in [-0.39, 0.29) is 22.7 Å². The molecule has 3 rings (SSSR count). The van der Waals surface area contributed by atoms with Crippen molar-refractivity contribution in [1.29, 1.82) is 0 Å². The van der Waals surface area contributed by atoms with Crippen molar-refractivity contribution in [3.8, 4) is 0 Å². The van der Waals surface area contributed by atoms with Crippen molar-refractivity contribution in [2.75, 3.05) is 0 Å². The maximum absolute atomic E-state index is 13.2. The number of hydrogen-bond donors (Lipinski definition) is 0. The molecule has 0 spiro atoms. The van der Waals surface area contributed by atoms with E-state index in [0.717, 1.165) is 38.9 Å². The number of thioether (sulfide) groups is 1. The molecule has 134 valence electrons. The van der Waals surface area contributed by atoms with Crippen molar-refractivity contribution in [2.45, 2.75) is 27.3 Å². The molecular formula is C20H17ClFNO2S. The second kappa shape index (κ2) is 7.25. The van der Waals surface area contributed by atoms with Gasteiger partial charge in [-0.2, -0.15) is 0 Å². The summed E-state index contributed by atoms with van der Waals surface area (Å²) in [7, 11) is 0. The second-order valence-electron chi connectivity index (χ2n) is 6.32. The highest BCUT2D eigenvalue weighted by Gasteiger charge is 2.35. The van der Waals surface area contributed by atoms with Gasteiger partial charge in [0.1, 0.15) is 5.82 Å². The Hall–Kier alpha value is -2.11. The number of amides is 2. The third-order valence-corrected chi connectivity index (χ3v) is 5.49. The van der Waals surface area contributed by atoms with Crippen molar-refractivity contribution in [3.63, 3.8) is 0 Å². The van der Waals surface area contributed by atoms with Crippen molar-refractivity contribution in [2.24, 2.45) is 0 Å². The molecule has 3 nitrogen and oxygen atoms in total. The van der Waals surface area contributed by atoms with E-state index in [2.05, 4.69) is 0 Å². The van der Waals surface area contributed by atoms with E-state index in [9.17, 15) is 14.0 Å². The minimum Gasteiger partial charge on any atom is -0.268 e. The number of aryl methyl sites for hydroxylation is 3. The molecule has 0 aliphatic carbocycles. The fraction of sp³-hybridized carbons (Fsp3) is 0.200. The van der Waals surface area contributed by atoms with Gasteiger partial charge in [-0.15, -0.1) is 0 Å². The summed E-state index contributed by atoms with van der Waals surface area (Å²) in [6.45, 7) is 6.00. The highest BCUT2D eigenvalue weighted by Crippen LogP contribution is 2.35. The van der Waals surface area contributed by atoms with Gasteiger partial charge >= 0.3 is 0 Å². The van der Waals surface area contributed by atoms with E-state index in [1.165, 1.54) is 18.2 Å². The molecule has 1 heterocycles. The molecule has 2 amide bonds. The van der Waals surface area contributed by atoms with Gasteiger partial charge in [-0.25, -0.2) is 4.39 Å². The lowest BCUT2D eigenvalue weighted by atomic mass is 9.99. The molecule has 0 atom stereocenters. The van der Waals surface area contributed by atoms with E-state index in [1.807, 2.05) is 32.9 Å². The standard InChI is InChI=1S/C20H17ClFNO2S/c1-11-6-12(2)16(13(3)7-11)9-18-19(24)23(20(25)26-18)10-14-4-5-15(22)8-17(14)21/h4-9H,10H2,1-3H3/b18-9-. The van der Waals surface area contributed by atoms with Gasteiger partial charge in [0.25, 0.3) is 11.1 Å². The molecule has 1 aliphatic rings. The maximum atomic E-state index is 13.2. The van der Waals surface area contributed by atoms with Gasteiger partial charge < -0.3 is 0 Å². The van der Waals surface area contributed by atoms with Crippen LogP contribution in [0, 0.1) is 26.6 Å². The molecule has 1 aliphatic heterocycles. The maximum Gasteiger partial charge on any atom is 0.293 e. The lowest BCUT2D eigenvalue weighted by Crippen LogP contribution is -2.27. The quantitative estimate of drug-likeness (QED) is 0.637. The first-order chi connectivity index (χ1) is 12.3. The summed E-state index contributed by atoms with van der Waals surface area (Å²) in [6, 6.07) is 8.00. The molecule has 0 bridgehead atoms. The highest BCUT2D eigenvalue weighted by molar-refractivity contribution is 8.18. The number of carbonyl (C=O) groups is 2. The summed E-state index contributed by atoms with van der Waals surface area (Å²) < 4.78 is 13.2. The van der Waals surface area contributed by atoms with Crippen molar-refractivity contribution < 1.29 is 14.0 Å². The summed E-state index contributed by atoms with van der Waals surface area (Å²) >= 11 is 6.92. The van der Waals surface area contributed by atoms with Crippen LogP contribution >= 0.6 is 23.4 Å². The predicted octanol–water partition coefficient (Wildman–Crippen LogP) is 5.64. The fourth-order valence-corrected chi connectivity index (χ4v) is 4.05. The molecule has 1 saturated heterocycles. The number of rotatable bonds is 3. The van der Waals surface area contributed by atoms with Crippen LogP contribution in [0.3, 0.4) is 0 Å². The summed E-state index contributed by atoms with van der Waals surface area (Å²) in [5.41, 5.74) is 4.73. The number of hydrogen-bond acceptors (Lipinski definition) is 3. The monoisotopic (exact) mass is 389 g/mol. The molecule has 0 radical (unpaired) electrons. The predicted molar refractivity (Wildman–Crippen MR) is 104 cm³/mol. The zero-order chi connectivity index (χ0) is 19.0. The van der Waals surface area contributed by atoms with Crippen LogP contribution in [0.5, 0.6) is 0 Å². The molecule has 26 heavy (non-hydrogen) atoms. The number of benzene rings is 2. The van der Waals surface area contributed by atoms with Crippen LogP contribution in [0.15, 0.2) is 35.2 Å². The molecule has 0 saturated carbocycles. The van der Waals surface area contributed by atoms with Gasteiger partial charge in [0, 0.05) is 5.02 Å². The first kappa shape index (κ1) is 18.7. The molecular weight excluding hydrogens is 373 g/mol. The summed E-state index contributed by atoms with van der Waals surface area (Å²) in [5.74, 6) is -0.821. The van der Waals surface area contributed by atoms with E-state index in [4.69, 9.17) is 11.6 Å². The molecule has 6 heteroatoms. The Bertz CT molecular complexity index is 932. The van der Waals surface area contributed by atoms with Crippen LogP contribution in [0.25, 0.3) is 6.08 Å². The van der Waals surface area contributed by atoms with Crippen LogP contribution in [-0.2, 0) is 11.3 Å². The normalized spacial score (nSPS) is 16.0. The van der Waals surface area contributed by atoms with E-state index >= 15 is 0 Å². The van der Waals surface area contributed by atoms with Crippen LogP contribution in [0.4, 0.5) is 9.18 Å². The van der Waals surface area contributed by atoms with E-state index in [0.29, 0.717) is 10.5 Å². The molecule has 0 aromatic heterocycles. The second-order valence-corrected chi connectivity index (χ2v) is 7.72. The smallest absolute Gasteiger partial charge is 0.268 e. The SMILES string of the molecule is Cc1cc(C)c(/C=C2\SC(=O)N(Cc3ccc(F)cc3Cl)C2=O)c(C)c1. The first-order valence-corrected chi connectivity index (χ1v) is 9.23. The Labute approximate surface area is 160 Å². The Morgan fingerprint density at radius 3 is 2.38 bits per heavy atom. The van der Waals surface area contributed by atoms with Crippen LogP contribution in [0.1, 0.15) is 27.8 Å². The summed E-state index contributed by atoms with van der Waals surface area (Å²) in [5, 5.41) is -0.165. The van der Waals surface area contributed by atoms with Gasteiger partial charge in [-0.1, -0.05) is 35.4 Å². The van der Waals surface area contributed by atoms with Crippen LogP contribution in [-0.4, -0.2) is 16.0 Å². The number of imide groups is 1. The minimum atomic E-state index is -0.460. The van der Waals surface area contributed by atoms with Gasteiger partial charge in [0.05, 0.1) is 11.4 Å². The Morgan fingerprint density at radius 1 is 1.12 bits per heavy atom. The van der Waals surface area contributed by atoms with E-state index < -0.39 is 5.82 Å².